The molecule has 1 aromatic rings. The number of hydrogen-bond donors (Lipinski definition) is 1. The van der Waals surface area contributed by atoms with Crippen molar-refractivity contribution >= 4 is 18.0 Å². The van der Waals surface area contributed by atoms with E-state index >= 15 is 0 Å². The van der Waals surface area contributed by atoms with Crippen LogP contribution < -0.4 is 0 Å². The van der Waals surface area contributed by atoms with Crippen LogP contribution in [0.5, 0.6) is 0 Å². The Labute approximate surface area is 115 Å². The first-order chi connectivity index (χ1) is 9.60. The van der Waals surface area contributed by atoms with Gasteiger partial charge in [0.05, 0.1) is 12.2 Å². The lowest BCUT2D eigenvalue weighted by atomic mass is 10.1. The normalized spacial score (nSPS) is 10.7. The Bertz CT molecular complexity index is 571. The van der Waals surface area contributed by atoms with Crippen molar-refractivity contribution < 1.29 is 24.2 Å². The van der Waals surface area contributed by atoms with Gasteiger partial charge in [-0.2, -0.15) is 5.26 Å². The molecule has 0 saturated carbocycles. The summed E-state index contributed by atoms with van der Waals surface area (Å²) in [7, 11) is 1.46. The number of benzene rings is 1. The van der Waals surface area contributed by atoms with Gasteiger partial charge in [-0.3, -0.25) is 0 Å². The van der Waals surface area contributed by atoms with E-state index in [1.165, 1.54) is 25.3 Å². The van der Waals surface area contributed by atoms with Crippen molar-refractivity contribution in [2.24, 2.45) is 0 Å². The third kappa shape index (κ3) is 4.23. The fraction of sp³-hybridized carbons (Fsp3) is 0.214. The van der Waals surface area contributed by atoms with Gasteiger partial charge in [0.15, 0.2) is 0 Å². The van der Waals surface area contributed by atoms with Crippen molar-refractivity contribution in [3.05, 3.63) is 41.0 Å². The minimum atomic E-state index is -1.14. The summed E-state index contributed by atoms with van der Waals surface area (Å²) in [5, 5.41) is 18.0. The third-order valence-electron chi connectivity index (χ3n) is 2.35. The second-order valence-electron chi connectivity index (χ2n) is 3.69. The van der Waals surface area contributed by atoms with Gasteiger partial charge in [-0.1, -0.05) is 18.2 Å². The Morgan fingerprint density at radius 2 is 2.05 bits per heavy atom. The Hall–Kier alpha value is -2.65. The van der Waals surface area contributed by atoms with Crippen molar-refractivity contribution in [1.29, 1.82) is 5.26 Å². The number of ether oxygens (including phenoxy) is 2. The molecule has 0 spiro atoms. The number of nitrogens with zero attached hydrogens (tertiary/aromatic N) is 1. The maximum atomic E-state index is 11.6. The standard InChI is InChI=1S/C14H13NO5/c1-19-6-7-20-14(18)11(9-15)8-10-4-2-3-5-12(10)13(16)17/h2-5,8H,6-7H2,1H3,(H,16,17). The highest BCUT2D eigenvalue weighted by molar-refractivity contribution is 6.00. The number of carbonyl (C=O) groups excluding carboxylic acids is 1. The number of carboxylic acid groups (broad SMARTS) is 1. The number of esters is 1. The van der Waals surface area contributed by atoms with E-state index in [9.17, 15) is 9.59 Å². The van der Waals surface area contributed by atoms with Gasteiger partial charge in [0.25, 0.3) is 0 Å². The average Bonchev–Trinajstić information content (AvgIpc) is 2.45. The summed E-state index contributed by atoms with van der Waals surface area (Å²) in [6.45, 7) is 0.241. The van der Waals surface area contributed by atoms with Crippen LogP contribution in [0.15, 0.2) is 29.8 Å². The Morgan fingerprint density at radius 3 is 2.65 bits per heavy atom. The molecule has 6 heteroatoms. The minimum Gasteiger partial charge on any atom is -0.478 e. The van der Waals surface area contributed by atoms with E-state index in [0.717, 1.165) is 0 Å². The Morgan fingerprint density at radius 1 is 1.35 bits per heavy atom. The van der Waals surface area contributed by atoms with Crippen LogP contribution in [-0.4, -0.2) is 37.4 Å². The van der Waals surface area contributed by atoms with Crippen LogP contribution >= 0.6 is 0 Å². The van der Waals surface area contributed by atoms with Crippen molar-refractivity contribution in [3.63, 3.8) is 0 Å². The first-order valence-electron chi connectivity index (χ1n) is 5.70. The Kier molecular flexibility index (Phi) is 5.94. The summed E-state index contributed by atoms with van der Waals surface area (Å²) < 4.78 is 9.52. The molecule has 0 bridgehead atoms. The first kappa shape index (κ1) is 15.4. The lowest BCUT2D eigenvalue weighted by Gasteiger charge is -2.04. The van der Waals surface area contributed by atoms with Crippen molar-refractivity contribution in [1.82, 2.24) is 0 Å². The van der Waals surface area contributed by atoms with Crippen LogP contribution in [0.1, 0.15) is 15.9 Å². The molecule has 0 amide bonds. The number of nitriles is 1. The zero-order valence-electron chi connectivity index (χ0n) is 10.8. The zero-order chi connectivity index (χ0) is 15.0. The molecule has 0 atom stereocenters. The molecule has 0 aliphatic heterocycles. The lowest BCUT2D eigenvalue weighted by Crippen LogP contribution is -2.11. The van der Waals surface area contributed by atoms with E-state index in [-0.39, 0.29) is 29.9 Å². The average molecular weight is 275 g/mol. The third-order valence-corrected chi connectivity index (χ3v) is 2.35. The molecule has 0 saturated heterocycles. The van der Waals surface area contributed by atoms with Gasteiger partial charge in [-0.25, -0.2) is 9.59 Å². The van der Waals surface area contributed by atoms with Gasteiger partial charge in [0.1, 0.15) is 18.2 Å². The van der Waals surface area contributed by atoms with Crippen LogP contribution in [0.25, 0.3) is 6.08 Å². The van der Waals surface area contributed by atoms with E-state index in [1.807, 2.05) is 0 Å². The molecule has 0 aromatic heterocycles. The number of carbonyl (C=O) groups is 2. The second kappa shape index (κ2) is 7.71. The van der Waals surface area contributed by atoms with Crippen molar-refractivity contribution in [3.8, 4) is 6.07 Å². The van der Waals surface area contributed by atoms with Crippen LogP contribution in [0, 0.1) is 11.3 Å². The van der Waals surface area contributed by atoms with E-state index in [1.54, 1.807) is 18.2 Å². The molecule has 6 nitrogen and oxygen atoms in total. The highest BCUT2D eigenvalue weighted by Crippen LogP contribution is 2.14. The van der Waals surface area contributed by atoms with Gasteiger partial charge in [0, 0.05) is 7.11 Å². The van der Waals surface area contributed by atoms with Crippen LogP contribution in [-0.2, 0) is 14.3 Å². The predicted molar refractivity (Wildman–Crippen MR) is 69.8 cm³/mol. The van der Waals surface area contributed by atoms with E-state index in [4.69, 9.17) is 19.8 Å². The van der Waals surface area contributed by atoms with Crippen molar-refractivity contribution in [2.75, 3.05) is 20.3 Å². The first-order valence-corrected chi connectivity index (χ1v) is 5.70. The quantitative estimate of drug-likeness (QED) is 0.365. The number of carboxylic acids is 1. The molecule has 20 heavy (non-hydrogen) atoms. The van der Waals surface area contributed by atoms with Crippen LogP contribution in [0.2, 0.25) is 0 Å². The monoisotopic (exact) mass is 275 g/mol. The maximum Gasteiger partial charge on any atom is 0.348 e. The summed E-state index contributed by atoms with van der Waals surface area (Å²) in [6, 6.07) is 7.76. The van der Waals surface area contributed by atoms with E-state index in [0.29, 0.717) is 0 Å². The maximum absolute atomic E-state index is 11.6. The summed E-state index contributed by atoms with van der Waals surface area (Å²) in [6.07, 6.45) is 1.19. The summed E-state index contributed by atoms with van der Waals surface area (Å²) in [5.41, 5.74) is -0.0000129. The molecule has 0 aliphatic carbocycles. The number of rotatable bonds is 6. The number of hydrogen-bond acceptors (Lipinski definition) is 5. The van der Waals surface area contributed by atoms with Gasteiger partial charge in [-0.05, 0) is 17.7 Å². The molecular weight excluding hydrogens is 262 g/mol. The summed E-state index contributed by atoms with van der Waals surface area (Å²) in [4.78, 5) is 22.6. The fourth-order valence-electron chi connectivity index (χ4n) is 1.41. The molecule has 104 valence electrons. The number of methoxy groups -OCH3 is 1. The van der Waals surface area contributed by atoms with Gasteiger partial charge < -0.3 is 14.6 Å². The topological polar surface area (TPSA) is 96.6 Å². The molecule has 0 radical (unpaired) electrons. The van der Waals surface area contributed by atoms with E-state index < -0.39 is 11.9 Å². The molecule has 1 aromatic carbocycles. The van der Waals surface area contributed by atoms with Crippen molar-refractivity contribution in [2.45, 2.75) is 0 Å². The highest BCUT2D eigenvalue weighted by atomic mass is 16.6. The molecule has 1 rings (SSSR count). The highest BCUT2D eigenvalue weighted by Gasteiger charge is 2.13. The van der Waals surface area contributed by atoms with Gasteiger partial charge >= 0.3 is 11.9 Å². The largest absolute Gasteiger partial charge is 0.478 e. The van der Waals surface area contributed by atoms with Gasteiger partial charge in [-0.15, -0.1) is 0 Å². The smallest absolute Gasteiger partial charge is 0.348 e. The lowest BCUT2D eigenvalue weighted by molar-refractivity contribution is -0.139. The molecule has 0 aliphatic rings. The predicted octanol–water partition coefficient (Wildman–Crippen LogP) is 1.48. The molecule has 1 N–H and O–H groups in total. The van der Waals surface area contributed by atoms with Gasteiger partial charge in [0.2, 0.25) is 0 Å². The summed E-state index contributed by atoms with van der Waals surface area (Å²) in [5.74, 6) is -1.95. The molecule has 0 unspecified atom stereocenters. The fourth-order valence-corrected chi connectivity index (χ4v) is 1.41. The number of aromatic carboxylic acids is 1. The minimum absolute atomic E-state index is 0.00458. The van der Waals surface area contributed by atoms with E-state index in [2.05, 4.69) is 0 Å². The zero-order valence-corrected chi connectivity index (χ0v) is 10.8. The summed E-state index contributed by atoms with van der Waals surface area (Å²) >= 11 is 0. The second-order valence-corrected chi connectivity index (χ2v) is 3.69. The van der Waals surface area contributed by atoms with Crippen LogP contribution in [0.3, 0.4) is 0 Å². The van der Waals surface area contributed by atoms with Crippen LogP contribution in [0.4, 0.5) is 0 Å². The molecule has 0 fully saturated rings. The SMILES string of the molecule is COCCOC(=O)C(C#N)=Cc1ccccc1C(=O)O. The Balaban J connectivity index is 2.98. The molecular formula is C14H13NO5. The molecule has 0 heterocycles.